The molecule has 0 bridgehead atoms. The number of aromatic nitrogens is 1. The maximum atomic E-state index is 11.6. The first kappa shape index (κ1) is 28.8. The van der Waals surface area contributed by atoms with Crippen LogP contribution in [0.15, 0.2) is 89.7 Å². The van der Waals surface area contributed by atoms with Crippen LogP contribution in [0.25, 0.3) is 11.1 Å². The molecule has 0 saturated carbocycles. The number of halogens is 2. The minimum Gasteiger partial charge on any atom is -0.488 e. The van der Waals surface area contributed by atoms with Crippen molar-refractivity contribution in [2.45, 2.75) is 46.1 Å². The highest BCUT2D eigenvalue weighted by atomic mass is 79.9. The fourth-order valence-corrected chi connectivity index (χ4v) is 5.08. The zero-order valence-corrected chi connectivity index (χ0v) is 24.4. The molecule has 1 heterocycles. The molecule has 0 aliphatic carbocycles. The number of aldehydes is 1. The molecule has 0 amide bonds. The van der Waals surface area contributed by atoms with Crippen molar-refractivity contribution in [1.82, 2.24) is 10.3 Å². The van der Waals surface area contributed by atoms with Crippen LogP contribution in [-0.2, 0) is 24.6 Å². The molecule has 3 aromatic carbocycles. The molecule has 0 aliphatic heterocycles. The average molecular weight is 608 g/mol. The summed E-state index contributed by atoms with van der Waals surface area (Å²) in [4.78, 5) is 15.8. The number of hydrogen-bond acceptors (Lipinski definition) is 5. The lowest BCUT2D eigenvalue weighted by molar-refractivity contribution is -0.109. The molecule has 1 unspecified atom stereocenters. The van der Waals surface area contributed by atoms with Gasteiger partial charge in [0.15, 0.2) is 0 Å². The highest BCUT2D eigenvalue weighted by molar-refractivity contribution is 9.10. The summed E-state index contributed by atoms with van der Waals surface area (Å²) in [7, 11) is 0. The minimum atomic E-state index is -0.250. The summed E-state index contributed by atoms with van der Waals surface area (Å²) in [6.45, 7) is 5.29. The lowest BCUT2D eigenvalue weighted by Crippen LogP contribution is -2.31. The van der Waals surface area contributed by atoms with Crippen molar-refractivity contribution in [3.63, 3.8) is 0 Å². The topological polar surface area (TPSA) is 60.5 Å². The van der Waals surface area contributed by atoms with E-state index in [2.05, 4.69) is 58.3 Å². The van der Waals surface area contributed by atoms with Gasteiger partial charge in [-0.1, -0.05) is 80.0 Å². The molecule has 4 aromatic rings. The maximum absolute atomic E-state index is 11.6. The normalized spacial score (nSPS) is 11.8. The summed E-state index contributed by atoms with van der Waals surface area (Å²) >= 11 is 10.4. The fraction of sp³-hybridized carbons (Fsp3) is 0.250. The van der Waals surface area contributed by atoms with Crippen molar-refractivity contribution in [1.29, 1.82) is 0 Å². The summed E-state index contributed by atoms with van der Waals surface area (Å²) in [5.74, 6) is 1.55. The lowest BCUT2D eigenvalue weighted by Gasteiger charge is -2.19. The first-order chi connectivity index (χ1) is 18.9. The first-order valence-electron chi connectivity index (χ1n) is 12.9. The SMILES string of the molecule is CC(C)CC(C=O)NCc1cc(Cl)c(OCc2cccc(-c3ccccc3)c2Br)cc1OCc1cccnc1. The molecule has 0 spiro atoms. The van der Waals surface area contributed by atoms with Gasteiger partial charge in [-0.2, -0.15) is 0 Å². The third-order valence-corrected chi connectivity index (χ3v) is 7.45. The smallest absolute Gasteiger partial charge is 0.142 e. The Kier molecular flexibility index (Phi) is 10.5. The number of rotatable bonds is 13. The van der Waals surface area contributed by atoms with Crippen LogP contribution in [0.5, 0.6) is 11.5 Å². The van der Waals surface area contributed by atoms with Gasteiger partial charge in [0.25, 0.3) is 0 Å². The Bertz CT molecular complexity index is 1370. The molecule has 1 atom stereocenters. The second kappa shape index (κ2) is 14.3. The van der Waals surface area contributed by atoms with E-state index in [4.69, 9.17) is 21.1 Å². The van der Waals surface area contributed by atoms with E-state index in [1.54, 1.807) is 12.4 Å². The van der Waals surface area contributed by atoms with Gasteiger partial charge < -0.3 is 19.6 Å². The summed E-state index contributed by atoms with van der Waals surface area (Å²) < 4.78 is 13.4. The Morgan fingerprint density at radius 2 is 1.74 bits per heavy atom. The monoisotopic (exact) mass is 606 g/mol. The number of carbonyl (C=O) groups excluding carboxylic acids is 1. The van der Waals surface area contributed by atoms with Crippen LogP contribution in [0.2, 0.25) is 5.02 Å². The van der Waals surface area contributed by atoms with Crippen LogP contribution in [-0.4, -0.2) is 17.3 Å². The van der Waals surface area contributed by atoms with Crippen molar-refractivity contribution >= 4 is 33.8 Å². The van der Waals surface area contributed by atoms with Gasteiger partial charge in [0.2, 0.25) is 0 Å². The van der Waals surface area contributed by atoms with Gasteiger partial charge in [0, 0.05) is 46.2 Å². The Hall–Kier alpha value is -3.19. The van der Waals surface area contributed by atoms with E-state index in [-0.39, 0.29) is 6.04 Å². The fourth-order valence-electron chi connectivity index (χ4n) is 4.23. The van der Waals surface area contributed by atoms with Gasteiger partial charge in [-0.25, -0.2) is 0 Å². The van der Waals surface area contributed by atoms with Gasteiger partial charge in [-0.05, 0) is 51.5 Å². The average Bonchev–Trinajstić information content (AvgIpc) is 2.95. The quantitative estimate of drug-likeness (QED) is 0.156. The highest BCUT2D eigenvalue weighted by Gasteiger charge is 2.16. The van der Waals surface area contributed by atoms with E-state index in [1.165, 1.54) is 0 Å². The maximum Gasteiger partial charge on any atom is 0.142 e. The van der Waals surface area contributed by atoms with Crippen molar-refractivity contribution in [2.75, 3.05) is 0 Å². The van der Waals surface area contributed by atoms with Crippen molar-refractivity contribution in [3.05, 3.63) is 111 Å². The largest absolute Gasteiger partial charge is 0.488 e. The summed E-state index contributed by atoms with van der Waals surface area (Å²) in [6, 6.07) is 23.6. The third kappa shape index (κ3) is 8.15. The number of hydrogen-bond donors (Lipinski definition) is 1. The summed E-state index contributed by atoms with van der Waals surface area (Å²) in [6.07, 6.45) is 5.21. The van der Waals surface area contributed by atoms with E-state index in [9.17, 15) is 4.79 Å². The van der Waals surface area contributed by atoms with Gasteiger partial charge >= 0.3 is 0 Å². The predicted molar refractivity (Wildman–Crippen MR) is 160 cm³/mol. The van der Waals surface area contributed by atoms with E-state index >= 15 is 0 Å². The molecular formula is C32H32BrClN2O3. The van der Waals surface area contributed by atoms with Crippen molar-refractivity contribution in [3.8, 4) is 22.6 Å². The highest BCUT2D eigenvalue weighted by Crippen LogP contribution is 2.36. The molecule has 0 fully saturated rings. The van der Waals surface area contributed by atoms with Crippen molar-refractivity contribution in [2.24, 2.45) is 5.92 Å². The Balaban J connectivity index is 1.55. The van der Waals surface area contributed by atoms with Gasteiger partial charge in [-0.3, -0.25) is 4.98 Å². The zero-order valence-electron chi connectivity index (χ0n) is 22.1. The van der Waals surface area contributed by atoms with Crippen molar-refractivity contribution < 1.29 is 14.3 Å². The molecule has 1 N–H and O–H groups in total. The molecule has 39 heavy (non-hydrogen) atoms. The standard InChI is InChI=1S/C32H32BrClN2O3/c1-22(2)14-27(19-37)36-18-26-15-29(34)31(16-30(26)38-20-23-8-7-13-35-17-23)39-21-25-11-6-12-28(32(25)33)24-9-4-3-5-10-24/h3-13,15-17,19,22,27,36H,14,18,20-21H2,1-2H3. The van der Waals surface area contributed by atoms with E-state index in [0.717, 1.165) is 45.0 Å². The molecule has 0 radical (unpaired) electrons. The molecule has 5 nitrogen and oxygen atoms in total. The van der Waals surface area contributed by atoms with Crippen LogP contribution in [0.1, 0.15) is 37.0 Å². The van der Waals surface area contributed by atoms with E-state index in [1.807, 2.05) is 54.6 Å². The van der Waals surface area contributed by atoms with Crippen LogP contribution in [0.4, 0.5) is 0 Å². The van der Waals surface area contributed by atoms with Gasteiger partial charge in [-0.15, -0.1) is 0 Å². The Morgan fingerprint density at radius 3 is 2.46 bits per heavy atom. The number of benzene rings is 3. The number of nitrogens with zero attached hydrogens (tertiary/aromatic N) is 1. The second-order valence-corrected chi connectivity index (χ2v) is 10.9. The zero-order chi connectivity index (χ0) is 27.6. The van der Waals surface area contributed by atoms with Gasteiger partial charge in [0.05, 0.1) is 11.1 Å². The Morgan fingerprint density at radius 1 is 0.949 bits per heavy atom. The van der Waals surface area contributed by atoms with E-state index < -0.39 is 0 Å². The minimum absolute atomic E-state index is 0.250. The van der Waals surface area contributed by atoms with Gasteiger partial charge in [0.1, 0.15) is 31.0 Å². The number of carbonyl (C=O) groups is 1. The molecule has 202 valence electrons. The molecule has 0 aliphatic rings. The Labute approximate surface area is 243 Å². The molecule has 0 saturated heterocycles. The molecular weight excluding hydrogens is 576 g/mol. The number of nitrogens with one attached hydrogen (secondary N) is 1. The van der Waals surface area contributed by atoms with Crippen LogP contribution >= 0.6 is 27.5 Å². The summed E-state index contributed by atoms with van der Waals surface area (Å²) in [5.41, 5.74) is 5.01. The third-order valence-electron chi connectivity index (χ3n) is 6.22. The van der Waals surface area contributed by atoms with Crippen LogP contribution < -0.4 is 14.8 Å². The molecule has 1 aromatic heterocycles. The van der Waals surface area contributed by atoms with Crippen LogP contribution in [0, 0.1) is 5.92 Å². The van der Waals surface area contributed by atoms with E-state index in [0.29, 0.717) is 42.2 Å². The molecule has 4 rings (SSSR count). The predicted octanol–water partition coefficient (Wildman–Crippen LogP) is 8.03. The molecule has 7 heteroatoms. The first-order valence-corrected chi connectivity index (χ1v) is 14.1. The second-order valence-electron chi connectivity index (χ2n) is 9.73. The number of pyridine rings is 1. The lowest BCUT2D eigenvalue weighted by atomic mass is 10.0. The number of ether oxygens (including phenoxy) is 2. The van der Waals surface area contributed by atoms with Crippen LogP contribution in [0.3, 0.4) is 0 Å². The summed E-state index contributed by atoms with van der Waals surface area (Å²) in [5, 5.41) is 3.80.